The number of thioether (sulfide) groups is 1. The number of aliphatic carboxylic acids is 1. The number of carboxylic acids is 1. The average molecular weight is 378 g/mol. The van der Waals surface area contributed by atoms with Crippen molar-refractivity contribution in [3.05, 3.63) is 29.3 Å². The molecule has 2 saturated heterocycles. The molecule has 0 saturated carbocycles. The standard InChI is InChI=1S/C18H22N2O5S/c1-10-3-4-12(11(2)7-10)19-16(21)13-8-26-9-20(13)17(22)14-5-6-15(25-14)18(23)24/h3-4,7,13-15H,5-6,8-9H2,1-2H3,(H,19,21)(H,23,24)/t13?,14-,15+/m0/s1. The van der Waals surface area contributed by atoms with Crippen molar-refractivity contribution in [1.82, 2.24) is 4.90 Å². The summed E-state index contributed by atoms with van der Waals surface area (Å²) in [5.74, 6) is -0.679. The summed E-state index contributed by atoms with van der Waals surface area (Å²) in [5, 5.41) is 11.9. The molecule has 0 radical (unpaired) electrons. The van der Waals surface area contributed by atoms with Crippen LogP contribution in [0.15, 0.2) is 18.2 Å². The van der Waals surface area contributed by atoms with E-state index in [0.717, 1.165) is 16.8 Å². The molecule has 1 aromatic rings. The van der Waals surface area contributed by atoms with E-state index in [9.17, 15) is 14.4 Å². The molecule has 26 heavy (non-hydrogen) atoms. The Morgan fingerprint density at radius 3 is 2.62 bits per heavy atom. The Balaban J connectivity index is 1.66. The zero-order chi connectivity index (χ0) is 18.8. The molecule has 3 atom stereocenters. The van der Waals surface area contributed by atoms with Gasteiger partial charge >= 0.3 is 5.97 Å². The van der Waals surface area contributed by atoms with Crippen LogP contribution in [-0.4, -0.2) is 57.7 Å². The van der Waals surface area contributed by atoms with Gasteiger partial charge in [0.1, 0.15) is 12.1 Å². The molecule has 2 aliphatic rings. The molecule has 3 rings (SSSR count). The number of amides is 2. The molecule has 0 bridgehead atoms. The number of hydrogen-bond acceptors (Lipinski definition) is 5. The van der Waals surface area contributed by atoms with Crippen LogP contribution >= 0.6 is 11.8 Å². The van der Waals surface area contributed by atoms with E-state index in [1.807, 2.05) is 32.0 Å². The van der Waals surface area contributed by atoms with Gasteiger partial charge in [0.05, 0.1) is 5.88 Å². The normalized spacial score (nSPS) is 25.3. The zero-order valence-corrected chi connectivity index (χ0v) is 15.5. The van der Waals surface area contributed by atoms with Crippen molar-refractivity contribution in [2.75, 3.05) is 16.9 Å². The monoisotopic (exact) mass is 378 g/mol. The molecule has 140 valence electrons. The Morgan fingerprint density at radius 2 is 1.96 bits per heavy atom. The number of benzene rings is 1. The Morgan fingerprint density at radius 1 is 1.23 bits per heavy atom. The summed E-state index contributed by atoms with van der Waals surface area (Å²) >= 11 is 1.50. The van der Waals surface area contributed by atoms with E-state index >= 15 is 0 Å². The SMILES string of the molecule is Cc1ccc(NC(=O)C2CSCN2C(=O)[C@@H]2CC[C@H](C(=O)O)O2)c(C)c1. The first-order valence-electron chi connectivity index (χ1n) is 8.51. The predicted octanol–water partition coefficient (Wildman–Crippen LogP) is 1.78. The molecule has 0 aromatic heterocycles. The minimum Gasteiger partial charge on any atom is -0.479 e. The molecular weight excluding hydrogens is 356 g/mol. The van der Waals surface area contributed by atoms with Crippen molar-refractivity contribution in [3.63, 3.8) is 0 Å². The highest BCUT2D eigenvalue weighted by Gasteiger charge is 2.42. The van der Waals surface area contributed by atoms with Crippen molar-refractivity contribution in [3.8, 4) is 0 Å². The van der Waals surface area contributed by atoms with Crippen molar-refractivity contribution in [2.24, 2.45) is 0 Å². The number of ether oxygens (including phenoxy) is 1. The van der Waals surface area contributed by atoms with Crippen LogP contribution in [0, 0.1) is 13.8 Å². The van der Waals surface area contributed by atoms with Gasteiger partial charge in [-0.25, -0.2) is 4.79 Å². The van der Waals surface area contributed by atoms with Gasteiger partial charge in [0.15, 0.2) is 6.10 Å². The van der Waals surface area contributed by atoms with E-state index in [-0.39, 0.29) is 11.8 Å². The maximum Gasteiger partial charge on any atom is 0.332 e. The van der Waals surface area contributed by atoms with Gasteiger partial charge < -0.3 is 20.1 Å². The summed E-state index contributed by atoms with van der Waals surface area (Å²) in [7, 11) is 0. The molecule has 1 aromatic carbocycles. The Kier molecular flexibility index (Phi) is 5.52. The third kappa shape index (κ3) is 3.86. The second-order valence-electron chi connectivity index (χ2n) is 6.66. The first-order valence-corrected chi connectivity index (χ1v) is 9.67. The van der Waals surface area contributed by atoms with Gasteiger partial charge in [0.2, 0.25) is 5.91 Å². The number of carboxylic acid groups (broad SMARTS) is 1. The fourth-order valence-corrected chi connectivity index (χ4v) is 4.40. The Bertz CT molecular complexity index is 738. The van der Waals surface area contributed by atoms with Crippen molar-refractivity contribution >= 4 is 35.2 Å². The summed E-state index contributed by atoms with van der Waals surface area (Å²) in [5.41, 5.74) is 2.80. The predicted molar refractivity (Wildman–Crippen MR) is 98.0 cm³/mol. The van der Waals surface area contributed by atoms with Crippen molar-refractivity contribution in [1.29, 1.82) is 0 Å². The minimum absolute atomic E-state index is 0.233. The number of aryl methyl sites for hydroxylation is 2. The number of anilines is 1. The second kappa shape index (κ2) is 7.67. The van der Waals surface area contributed by atoms with Gasteiger partial charge in [-0.2, -0.15) is 0 Å². The molecule has 0 aliphatic carbocycles. The van der Waals surface area contributed by atoms with Gasteiger partial charge in [0.25, 0.3) is 5.91 Å². The summed E-state index contributed by atoms with van der Waals surface area (Å²) in [4.78, 5) is 37.9. The van der Waals surface area contributed by atoms with E-state index in [1.165, 1.54) is 16.7 Å². The van der Waals surface area contributed by atoms with Gasteiger partial charge in [-0.3, -0.25) is 9.59 Å². The lowest BCUT2D eigenvalue weighted by Gasteiger charge is -2.26. The maximum absolute atomic E-state index is 12.7. The molecule has 2 amide bonds. The molecular formula is C18H22N2O5S. The van der Waals surface area contributed by atoms with E-state index in [0.29, 0.717) is 24.5 Å². The van der Waals surface area contributed by atoms with E-state index in [2.05, 4.69) is 5.32 Å². The van der Waals surface area contributed by atoms with Gasteiger partial charge in [-0.05, 0) is 38.3 Å². The lowest BCUT2D eigenvalue weighted by molar-refractivity contribution is -0.155. The Labute approximate surface area is 156 Å². The van der Waals surface area contributed by atoms with Crippen LogP contribution in [0.3, 0.4) is 0 Å². The lowest BCUT2D eigenvalue weighted by atomic mass is 10.1. The highest BCUT2D eigenvalue weighted by atomic mass is 32.2. The van der Waals surface area contributed by atoms with E-state index in [4.69, 9.17) is 9.84 Å². The molecule has 1 unspecified atom stereocenters. The van der Waals surface area contributed by atoms with Crippen LogP contribution in [0.4, 0.5) is 5.69 Å². The minimum atomic E-state index is -1.06. The maximum atomic E-state index is 12.7. The topological polar surface area (TPSA) is 95.9 Å². The molecule has 0 spiro atoms. The number of hydrogen-bond donors (Lipinski definition) is 2. The number of carbonyl (C=O) groups is 3. The summed E-state index contributed by atoms with van der Waals surface area (Å²) in [6.07, 6.45) is -1.05. The first-order chi connectivity index (χ1) is 12.4. The highest BCUT2D eigenvalue weighted by Crippen LogP contribution is 2.28. The van der Waals surface area contributed by atoms with Crippen molar-refractivity contribution in [2.45, 2.75) is 44.9 Å². The zero-order valence-electron chi connectivity index (χ0n) is 14.7. The van der Waals surface area contributed by atoms with Gasteiger partial charge in [0, 0.05) is 11.4 Å². The van der Waals surface area contributed by atoms with Crippen LogP contribution in [0.1, 0.15) is 24.0 Å². The van der Waals surface area contributed by atoms with Gasteiger partial charge in [-0.15, -0.1) is 11.8 Å². The molecule has 2 fully saturated rings. The summed E-state index contributed by atoms with van der Waals surface area (Å²) in [6, 6.07) is 5.18. The third-order valence-corrected chi connectivity index (χ3v) is 5.69. The fourth-order valence-electron chi connectivity index (χ4n) is 3.23. The lowest BCUT2D eigenvalue weighted by Crippen LogP contribution is -2.48. The largest absolute Gasteiger partial charge is 0.479 e. The summed E-state index contributed by atoms with van der Waals surface area (Å²) in [6.45, 7) is 3.91. The number of nitrogens with zero attached hydrogens (tertiary/aromatic N) is 1. The molecule has 2 heterocycles. The Hall–Kier alpha value is -2.06. The smallest absolute Gasteiger partial charge is 0.332 e. The van der Waals surface area contributed by atoms with E-state index < -0.39 is 24.2 Å². The first kappa shape index (κ1) is 18.7. The van der Waals surface area contributed by atoms with Crippen molar-refractivity contribution < 1.29 is 24.2 Å². The average Bonchev–Trinajstić information content (AvgIpc) is 3.26. The summed E-state index contributed by atoms with van der Waals surface area (Å²) < 4.78 is 5.34. The van der Waals surface area contributed by atoms with Crippen LogP contribution < -0.4 is 5.32 Å². The molecule has 2 aliphatic heterocycles. The molecule has 2 N–H and O–H groups in total. The third-order valence-electron chi connectivity index (χ3n) is 4.68. The number of rotatable bonds is 4. The van der Waals surface area contributed by atoms with Gasteiger partial charge in [-0.1, -0.05) is 17.7 Å². The number of carbonyl (C=O) groups excluding carboxylic acids is 2. The highest BCUT2D eigenvalue weighted by molar-refractivity contribution is 7.99. The van der Waals surface area contributed by atoms with Crippen LogP contribution in [0.25, 0.3) is 0 Å². The quantitative estimate of drug-likeness (QED) is 0.829. The van der Waals surface area contributed by atoms with Crippen LogP contribution in [-0.2, 0) is 19.1 Å². The molecule has 8 heteroatoms. The van der Waals surface area contributed by atoms with Crippen LogP contribution in [0.2, 0.25) is 0 Å². The van der Waals surface area contributed by atoms with Crippen LogP contribution in [0.5, 0.6) is 0 Å². The second-order valence-corrected chi connectivity index (χ2v) is 7.66. The van der Waals surface area contributed by atoms with E-state index in [1.54, 1.807) is 0 Å². The number of nitrogens with one attached hydrogen (secondary N) is 1. The fraction of sp³-hybridized carbons (Fsp3) is 0.500. The molecule has 7 nitrogen and oxygen atoms in total.